The first kappa shape index (κ1) is 21.8. The van der Waals surface area contributed by atoms with Gasteiger partial charge in [-0.15, -0.1) is 0 Å². The number of hydrogen-bond acceptors (Lipinski definition) is 7. The lowest BCUT2D eigenvalue weighted by atomic mass is 9.47. The minimum atomic E-state index is -0.982. The van der Waals surface area contributed by atoms with Gasteiger partial charge in [0.15, 0.2) is 0 Å². The molecule has 9 atom stereocenters. The van der Waals surface area contributed by atoms with Gasteiger partial charge in [-0.2, -0.15) is 0 Å². The number of ether oxygens (including phenoxy) is 4. The molecule has 0 radical (unpaired) electrons. The van der Waals surface area contributed by atoms with Crippen molar-refractivity contribution in [2.45, 2.75) is 70.9 Å². The van der Waals surface area contributed by atoms with E-state index < -0.39 is 58.0 Å². The van der Waals surface area contributed by atoms with Crippen LogP contribution in [0.3, 0.4) is 0 Å². The van der Waals surface area contributed by atoms with Crippen molar-refractivity contribution in [2.75, 3.05) is 13.2 Å². The van der Waals surface area contributed by atoms with Gasteiger partial charge in [0.1, 0.15) is 28.8 Å². The van der Waals surface area contributed by atoms with Crippen LogP contribution in [0, 0.1) is 29.6 Å². The van der Waals surface area contributed by atoms with Gasteiger partial charge in [0, 0.05) is 5.92 Å². The van der Waals surface area contributed by atoms with E-state index >= 15 is 0 Å². The highest BCUT2D eigenvalue weighted by molar-refractivity contribution is 5.99. The molecule has 0 aromatic rings. The van der Waals surface area contributed by atoms with E-state index in [2.05, 4.69) is 0 Å². The van der Waals surface area contributed by atoms with E-state index in [1.54, 1.807) is 13.8 Å². The molecule has 1 saturated carbocycles. The first-order valence-electron chi connectivity index (χ1n) is 11.6. The molecule has 174 valence electrons. The van der Waals surface area contributed by atoms with E-state index in [0.29, 0.717) is 0 Å². The van der Waals surface area contributed by atoms with Crippen molar-refractivity contribution in [3.05, 3.63) is 23.3 Å². The molecule has 4 bridgehead atoms. The average molecular weight is 445 g/mol. The van der Waals surface area contributed by atoms with Crippen LogP contribution < -0.4 is 0 Å². The van der Waals surface area contributed by atoms with Crippen LogP contribution in [0.1, 0.15) is 48.5 Å². The van der Waals surface area contributed by atoms with Crippen LogP contribution in [0.25, 0.3) is 0 Å². The summed E-state index contributed by atoms with van der Waals surface area (Å²) in [5.74, 6) is -4.33. The maximum Gasteiger partial charge on any atom is 0.313 e. The molecule has 2 saturated heterocycles. The summed E-state index contributed by atoms with van der Waals surface area (Å²) in [5.41, 5.74) is -1.99. The number of hydrogen-bond donors (Lipinski definition) is 0. The number of fused-ring (bicyclic) bond motifs is 2. The first-order chi connectivity index (χ1) is 14.9. The number of esters is 2. The highest BCUT2D eigenvalue weighted by atomic mass is 16.6. The Morgan fingerprint density at radius 1 is 0.875 bits per heavy atom. The normalized spacial score (nSPS) is 50.0. The summed E-state index contributed by atoms with van der Waals surface area (Å²) in [6.07, 6.45) is 3.94. The third kappa shape index (κ3) is 2.13. The van der Waals surface area contributed by atoms with Crippen LogP contribution >= 0.6 is 0 Å². The molecule has 4 aliphatic heterocycles. The number of carbonyl (C=O) groups excluding carboxylic acids is 3. The molecule has 1 unspecified atom stereocenters. The van der Waals surface area contributed by atoms with Gasteiger partial charge < -0.3 is 18.9 Å². The summed E-state index contributed by atoms with van der Waals surface area (Å²) in [6, 6.07) is 0. The van der Waals surface area contributed by atoms with Gasteiger partial charge in [0.2, 0.25) is 0 Å². The van der Waals surface area contributed by atoms with Crippen LogP contribution in [0.2, 0.25) is 0 Å². The summed E-state index contributed by atoms with van der Waals surface area (Å²) in [4.78, 5) is 40.6. The summed E-state index contributed by atoms with van der Waals surface area (Å²) in [7, 11) is 0. The van der Waals surface area contributed by atoms with Gasteiger partial charge in [-0.25, -0.2) is 0 Å². The summed E-state index contributed by atoms with van der Waals surface area (Å²) < 4.78 is 24.1. The Morgan fingerprint density at radius 2 is 1.25 bits per heavy atom. The van der Waals surface area contributed by atoms with Gasteiger partial charge >= 0.3 is 11.9 Å². The maximum absolute atomic E-state index is 14.4. The quantitative estimate of drug-likeness (QED) is 0.487. The minimum Gasteiger partial charge on any atom is -0.466 e. The summed E-state index contributed by atoms with van der Waals surface area (Å²) in [5, 5.41) is 0. The van der Waals surface area contributed by atoms with E-state index in [9.17, 15) is 14.4 Å². The van der Waals surface area contributed by atoms with Gasteiger partial charge in [0.05, 0.1) is 36.3 Å². The average Bonchev–Trinajstić information content (AvgIpc) is 3.32. The minimum absolute atomic E-state index is 0.161. The molecule has 3 fully saturated rings. The Kier molecular flexibility index (Phi) is 4.31. The monoisotopic (exact) mass is 444 g/mol. The fourth-order valence-corrected chi connectivity index (χ4v) is 7.98. The Balaban J connectivity index is 1.72. The second-order valence-corrected chi connectivity index (χ2v) is 10.4. The van der Waals surface area contributed by atoms with Crippen molar-refractivity contribution in [3.8, 4) is 0 Å². The Labute approximate surface area is 188 Å². The molecule has 7 nitrogen and oxygen atoms in total. The maximum atomic E-state index is 14.4. The molecule has 7 heteroatoms. The second kappa shape index (κ2) is 6.32. The molecule has 2 spiro atoms. The van der Waals surface area contributed by atoms with E-state index in [-0.39, 0.29) is 24.9 Å². The Bertz CT molecular complexity index is 920. The molecule has 0 N–H and O–H groups in total. The lowest BCUT2D eigenvalue weighted by molar-refractivity contribution is -0.182. The zero-order valence-corrected chi connectivity index (χ0v) is 19.8. The number of rotatable bonds is 4. The molecule has 0 aromatic heterocycles. The van der Waals surface area contributed by atoms with Crippen LogP contribution in [0.4, 0.5) is 0 Å². The molecule has 0 amide bonds. The van der Waals surface area contributed by atoms with Gasteiger partial charge in [-0.1, -0.05) is 19.1 Å². The van der Waals surface area contributed by atoms with E-state index in [4.69, 9.17) is 18.9 Å². The summed E-state index contributed by atoms with van der Waals surface area (Å²) >= 11 is 0. The number of ketones is 1. The van der Waals surface area contributed by atoms with E-state index in [1.165, 1.54) is 0 Å². The SMILES string of the molecule is CCOC(=O)[C@@H]1[C@H]2C(=O)[C@H]3[C@H](C(=O)OCC)[C@]4(C)C=C(C)[C@]3(O4)C(C)[C@@]23O[C@]1(C)C=C3C. The highest BCUT2D eigenvalue weighted by Crippen LogP contribution is 2.72. The van der Waals surface area contributed by atoms with Gasteiger partial charge in [-0.3, -0.25) is 14.4 Å². The Hall–Kier alpha value is -1.99. The van der Waals surface area contributed by atoms with Crippen molar-refractivity contribution in [2.24, 2.45) is 29.6 Å². The molecular weight excluding hydrogens is 412 g/mol. The third-order valence-electron chi connectivity index (χ3n) is 8.82. The van der Waals surface area contributed by atoms with Crippen LogP contribution in [-0.4, -0.2) is 53.3 Å². The molecule has 32 heavy (non-hydrogen) atoms. The fraction of sp³-hybridized carbons (Fsp3) is 0.720. The van der Waals surface area contributed by atoms with Crippen LogP contribution in [0.5, 0.6) is 0 Å². The number of Topliss-reactive ketones (excluding diaryl/α,β-unsaturated/α-hetero) is 1. The topological polar surface area (TPSA) is 88.1 Å². The zero-order valence-electron chi connectivity index (χ0n) is 19.8. The first-order valence-corrected chi connectivity index (χ1v) is 11.6. The fourth-order valence-electron chi connectivity index (χ4n) is 7.98. The summed E-state index contributed by atoms with van der Waals surface area (Å²) in [6.45, 7) is 13.6. The predicted molar refractivity (Wildman–Crippen MR) is 113 cm³/mol. The smallest absolute Gasteiger partial charge is 0.313 e. The molecule has 0 aromatic carbocycles. The zero-order chi connectivity index (χ0) is 23.4. The van der Waals surface area contributed by atoms with Crippen LogP contribution in [-0.2, 0) is 33.3 Å². The van der Waals surface area contributed by atoms with Crippen molar-refractivity contribution >= 4 is 17.7 Å². The Morgan fingerprint density at radius 3 is 1.59 bits per heavy atom. The standard InChI is InChI=1S/C25H32O7/c1-8-29-20(27)17-15-19(26)16-18(21(28)30-9-2)23(7)11-13(4)25(16,32-23)14(5)24(15)12(3)10-22(17,6)31-24/h10-11,14-18H,8-9H2,1-7H3/t14?,15-,16+,17-,18+,22+,23-,24+,25-. The van der Waals surface area contributed by atoms with Gasteiger partial charge in [0.25, 0.3) is 0 Å². The largest absolute Gasteiger partial charge is 0.466 e. The molecule has 5 aliphatic rings. The molecule has 4 heterocycles. The predicted octanol–water partition coefficient (Wildman–Crippen LogP) is 2.77. The van der Waals surface area contributed by atoms with Crippen molar-refractivity contribution in [3.63, 3.8) is 0 Å². The lowest BCUT2D eigenvalue weighted by Crippen LogP contribution is -2.67. The molecular formula is C25H32O7. The van der Waals surface area contributed by atoms with Crippen LogP contribution in [0.15, 0.2) is 23.3 Å². The second-order valence-electron chi connectivity index (χ2n) is 10.4. The lowest BCUT2D eigenvalue weighted by Gasteiger charge is -2.54. The van der Waals surface area contributed by atoms with Crippen molar-refractivity contribution in [1.82, 2.24) is 0 Å². The van der Waals surface area contributed by atoms with Crippen molar-refractivity contribution < 1.29 is 33.3 Å². The van der Waals surface area contributed by atoms with Gasteiger partial charge in [-0.05, 0) is 52.7 Å². The molecule has 1 aliphatic carbocycles. The third-order valence-corrected chi connectivity index (χ3v) is 8.82. The highest BCUT2D eigenvalue weighted by Gasteiger charge is 2.83. The number of carbonyl (C=O) groups is 3. The molecule has 5 rings (SSSR count). The van der Waals surface area contributed by atoms with E-state index in [0.717, 1.165) is 11.1 Å². The van der Waals surface area contributed by atoms with Crippen molar-refractivity contribution in [1.29, 1.82) is 0 Å². The van der Waals surface area contributed by atoms with E-state index in [1.807, 2.05) is 46.8 Å².